The molecule has 0 saturated carbocycles. The van der Waals surface area contributed by atoms with Crippen LogP contribution in [0.25, 0.3) is 0 Å². The van der Waals surface area contributed by atoms with Crippen LogP contribution in [0.3, 0.4) is 0 Å². The van der Waals surface area contributed by atoms with Crippen LogP contribution in [-0.2, 0) is 4.79 Å². The van der Waals surface area contributed by atoms with E-state index in [-0.39, 0.29) is 5.69 Å². The van der Waals surface area contributed by atoms with Crippen molar-refractivity contribution in [3.05, 3.63) is 39.9 Å². The molecule has 0 radical (unpaired) electrons. The number of benzene rings is 1. The number of nitro benzene ring substituents is 1. The van der Waals surface area contributed by atoms with Crippen molar-refractivity contribution in [3.63, 3.8) is 0 Å². The molecule has 0 heterocycles. The third kappa shape index (κ3) is 4.99. The third-order valence-corrected chi connectivity index (χ3v) is 3.40. The van der Waals surface area contributed by atoms with Gasteiger partial charge in [0.25, 0.3) is 5.69 Å². The summed E-state index contributed by atoms with van der Waals surface area (Å²) in [6.07, 6.45) is 5.94. The summed E-state index contributed by atoms with van der Waals surface area (Å²) < 4.78 is 0. The molecule has 1 rings (SSSR count). The Morgan fingerprint density at radius 2 is 1.80 bits per heavy atom. The van der Waals surface area contributed by atoms with Gasteiger partial charge in [-0.2, -0.15) is 0 Å². The van der Waals surface area contributed by atoms with E-state index < -0.39 is 16.8 Å². The SMILES string of the molecule is CCCCCCCC(C(=O)O)c1ccc([N+](=O)[O-])cc1. The fourth-order valence-electron chi connectivity index (χ4n) is 2.21. The molecule has 0 aliphatic carbocycles. The van der Waals surface area contributed by atoms with Gasteiger partial charge in [0.15, 0.2) is 0 Å². The van der Waals surface area contributed by atoms with Crippen LogP contribution in [0.5, 0.6) is 0 Å². The van der Waals surface area contributed by atoms with Crippen LogP contribution in [0, 0.1) is 10.1 Å². The van der Waals surface area contributed by atoms with Crippen LogP contribution in [0.2, 0.25) is 0 Å². The standard InChI is InChI=1S/C15H21NO4/c1-2-3-4-5-6-7-14(15(17)18)12-8-10-13(11-9-12)16(19)20/h8-11,14H,2-7H2,1H3,(H,17,18). The zero-order chi connectivity index (χ0) is 15.0. The van der Waals surface area contributed by atoms with Gasteiger partial charge in [0.1, 0.15) is 0 Å². The van der Waals surface area contributed by atoms with E-state index in [0.29, 0.717) is 12.0 Å². The van der Waals surface area contributed by atoms with Gasteiger partial charge in [-0.1, -0.05) is 51.2 Å². The Morgan fingerprint density at radius 3 is 2.30 bits per heavy atom. The molecule has 0 aliphatic heterocycles. The monoisotopic (exact) mass is 279 g/mol. The molecule has 20 heavy (non-hydrogen) atoms. The maximum atomic E-state index is 11.3. The van der Waals surface area contributed by atoms with Crippen molar-refractivity contribution < 1.29 is 14.8 Å². The average molecular weight is 279 g/mol. The highest BCUT2D eigenvalue weighted by atomic mass is 16.6. The van der Waals surface area contributed by atoms with E-state index in [2.05, 4.69) is 6.92 Å². The summed E-state index contributed by atoms with van der Waals surface area (Å²) in [5.41, 5.74) is 0.624. The number of rotatable bonds is 9. The van der Waals surface area contributed by atoms with Gasteiger partial charge in [-0.15, -0.1) is 0 Å². The minimum atomic E-state index is -0.866. The highest BCUT2D eigenvalue weighted by molar-refractivity contribution is 5.76. The molecule has 0 aromatic heterocycles. The van der Waals surface area contributed by atoms with Crippen molar-refractivity contribution in [1.82, 2.24) is 0 Å². The molecule has 0 saturated heterocycles. The van der Waals surface area contributed by atoms with Gasteiger partial charge in [0.2, 0.25) is 0 Å². The molecule has 1 aromatic carbocycles. The lowest BCUT2D eigenvalue weighted by molar-refractivity contribution is -0.384. The Kier molecular flexibility index (Phi) is 6.70. The molecule has 110 valence electrons. The second-order valence-electron chi connectivity index (χ2n) is 4.94. The summed E-state index contributed by atoms with van der Waals surface area (Å²) in [6.45, 7) is 2.14. The van der Waals surface area contributed by atoms with Crippen LogP contribution >= 0.6 is 0 Å². The molecule has 1 unspecified atom stereocenters. The van der Waals surface area contributed by atoms with E-state index >= 15 is 0 Å². The molecule has 5 heteroatoms. The van der Waals surface area contributed by atoms with Crippen molar-refractivity contribution in [1.29, 1.82) is 0 Å². The zero-order valence-corrected chi connectivity index (χ0v) is 11.7. The van der Waals surface area contributed by atoms with E-state index in [9.17, 15) is 20.0 Å². The van der Waals surface area contributed by atoms with Crippen molar-refractivity contribution in [2.75, 3.05) is 0 Å². The predicted molar refractivity (Wildman–Crippen MR) is 76.8 cm³/mol. The number of nitrogens with zero attached hydrogens (tertiary/aromatic N) is 1. The predicted octanol–water partition coefficient (Wildman–Crippen LogP) is 4.12. The molecule has 1 aromatic rings. The molecular weight excluding hydrogens is 258 g/mol. The van der Waals surface area contributed by atoms with E-state index in [1.54, 1.807) is 12.1 Å². The summed E-state index contributed by atoms with van der Waals surface area (Å²) in [5.74, 6) is -1.44. The second-order valence-corrected chi connectivity index (χ2v) is 4.94. The summed E-state index contributed by atoms with van der Waals surface area (Å²) in [4.78, 5) is 21.4. The van der Waals surface area contributed by atoms with Gasteiger partial charge in [-0.3, -0.25) is 14.9 Å². The van der Waals surface area contributed by atoms with Crippen LogP contribution in [0.4, 0.5) is 5.69 Å². The van der Waals surface area contributed by atoms with Gasteiger partial charge in [-0.05, 0) is 12.0 Å². The fourth-order valence-corrected chi connectivity index (χ4v) is 2.21. The molecule has 0 amide bonds. The van der Waals surface area contributed by atoms with Gasteiger partial charge in [0, 0.05) is 12.1 Å². The number of carboxylic acids is 1. The Hall–Kier alpha value is -1.91. The highest BCUT2D eigenvalue weighted by Gasteiger charge is 2.20. The fraction of sp³-hybridized carbons (Fsp3) is 0.533. The molecular formula is C15H21NO4. The Morgan fingerprint density at radius 1 is 1.20 bits per heavy atom. The summed E-state index contributed by atoms with van der Waals surface area (Å²) in [7, 11) is 0. The topological polar surface area (TPSA) is 80.4 Å². The first kappa shape index (κ1) is 16.1. The van der Waals surface area contributed by atoms with E-state index in [1.807, 2.05) is 0 Å². The maximum Gasteiger partial charge on any atom is 0.310 e. The van der Waals surface area contributed by atoms with Crippen LogP contribution in [-0.4, -0.2) is 16.0 Å². The number of carbonyl (C=O) groups is 1. The first-order valence-corrected chi connectivity index (χ1v) is 7.03. The molecule has 1 atom stereocenters. The number of non-ortho nitro benzene ring substituents is 1. The number of carboxylic acid groups (broad SMARTS) is 1. The number of nitro groups is 1. The molecule has 0 spiro atoms. The molecule has 0 aliphatic rings. The smallest absolute Gasteiger partial charge is 0.310 e. The first-order valence-electron chi connectivity index (χ1n) is 7.03. The normalized spacial score (nSPS) is 12.1. The van der Waals surface area contributed by atoms with E-state index in [0.717, 1.165) is 25.7 Å². The number of unbranched alkanes of at least 4 members (excludes halogenated alkanes) is 4. The van der Waals surface area contributed by atoms with E-state index in [4.69, 9.17) is 0 Å². The number of hydrogen-bond donors (Lipinski definition) is 1. The molecule has 0 fully saturated rings. The quantitative estimate of drug-likeness (QED) is 0.419. The van der Waals surface area contributed by atoms with E-state index in [1.165, 1.54) is 18.6 Å². The Bertz CT molecular complexity index is 442. The van der Waals surface area contributed by atoms with Gasteiger partial charge < -0.3 is 5.11 Å². The highest BCUT2D eigenvalue weighted by Crippen LogP contribution is 2.25. The Balaban J connectivity index is 2.61. The third-order valence-electron chi connectivity index (χ3n) is 3.40. The summed E-state index contributed by atoms with van der Waals surface area (Å²) in [6, 6.07) is 5.82. The number of hydrogen-bond acceptors (Lipinski definition) is 3. The van der Waals surface area contributed by atoms with Gasteiger partial charge >= 0.3 is 5.97 Å². The first-order chi connectivity index (χ1) is 9.56. The number of aliphatic carboxylic acids is 1. The average Bonchev–Trinajstić information content (AvgIpc) is 2.42. The summed E-state index contributed by atoms with van der Waals surface area (Å²) >= 11 is 0. The van der Waals surface area contributed by atoms with Crippen LogP contribution in [0.1, 0.15) is 56.9 Å². The van der Waals surface area contributed by atoms with Crippen molar-refractivity contribution in [2.45, 2.75) is 51.4 Å². The van der Waals surface area contributed by atoms with Gasteiger partial charge in [-0.25, -0.2) is 0 Å². The minimum Gasteiger partial charge on any atom is -0.481 e. The molecule has 1 N–H and O–H groups in total. The van der Waals surface area contributed by atoms with Crippen molar-refractivity contribution in [3.8, 4) is 0 Å². The van der Waals surface area contributed by atoms with Crippen LogP contribution < -0.4 is 0 Å². The maximum absolute atomic E-state index is 11.3. The molecule has 5 nitrogen and oxygen atoms in total. The largest absolute Gasteiger partial charge is 0.481 e. The molecule has 0 bridgehead atoms. The Labute approximate surface area is 118 Å². The lowest BCUT2D eigenvalue weighted by Crippen LogP contribution is -2.11. The van der Waals surface area contributed by atoms with Crippen LogP contribution in [0.15, 0.2) is 24.3 Å². The minimum absolute atomic E-state index is 0.0131. The zero-order valence-electron chi connectivity index (χ0n) is 11.7. The lowest BCUT2D eigenvalue weighted by Gasteiger charge is -2.12. The lowest BCUT2D eigenvalue weighted by atomic mass is 9.93. The summed E-state index contributed by atoms with van der Waals surface area (Å²) in [5, 5.41) is 19.9. The van der Waals surface area contributed by atoms with Crippen molar-refractivity contribution >= 4 is 11.7 Å². The van der Waals surface area contributed by atoms with Gasteiger partial charge in [0.05, 0.1) is 10.8 Å². The second kappa shape index (κ2) is 8.30. The van der Waals surface area contributed by atoms with Crippen molar-refractivity contribution in [2.24, 2.45) is 0 Å².